The highest BCUT2D eigenvalue weighted by molar-refractivity contribution is 8.03. The first-order valence-electron chi connectivity index (χ1n) is 16.3. The van der Waals surface area contributed by atoms with Gasteiger partial charge in [0.1, 0.15) is 18.3 Å². The number of hydrogen-bond acceptors (Lipinski definition) is 12. The summed E-state index contributed by atoms with van der Waals surface area (Å²) in [6.07, 6.45) is 2.36. The molecule has 262 valence electrons. The van der Waals surface area contributed by atoms with Gasteiger partial charge in [0.05, 0.1) is 36.1 Å². The number of nitrogens with one attached hydrogen (secondary N) is 2. The van der Waals surface area contributed by atoms with E-state index in [1.165, 1.54) is 33.3 Å². The highest BCUT2D eigenvalue weighted by Crippen LogP contribution is 2.40. The number of rotatable bonds is 15. The van der Waals surface area contributed by atoms with Crippen LogP contribution in [0.2, 0.25) is 0 Å². The second-order valence-corrected chi connectivity index (χ2v) is 15.1. The van der Waals surface area contributed by atoms with Crippen molar-refractivity contribution in [1.29, 1.82) is 5.41 Å². The molecule has 14 heteroatoms. The molecule has 5 rings (SSSR count). The molecule has 1 saturated heterocycles. The number of likely N-dealkylation sites (N-methyl/N-ethyl adjacent to an activating group) is 1. The minimum absolute atomic E-state index is 0.0329. The van der Waals surface area contributed by atoms with E-state index in [2.05, 4.69) is 36.5 Å². The quantitative estimate of drug-likeness (QED) is 0.0479. The molecular weight excluding hydrogens is 670 g/mol. The van der Waals surface area contributed by atoms with Crippen LogP contribution >= 0.6 is 32.3 Å². The van der Waals surface area contributed by atoms with Gasteiger partial charge < -0.3 is 35.2 Å². The molecule has 2 aromatic rings. The van der Waals surface area contributed by atoms with Gasteiger partial charge in [-0.2, -0.15) is 0 Å². The molecule has 1 fully saturated rings. The zero-order valence-electron chi connectivity index (χ0n) is 27.2. The molecule has 1 aromatic heterocycles. The van der Waals surface area contributed by atoms with Crippen LogP contribution < -0.4 is 5.32 Å². The Kier molecular flexibility index (Phi) is 13.8. The zero-order chi connectivity index (χ0) is 34.2. The smallest absolute Gasteiger partial charge is 0.163 e. The lowest BCUT2D eigenvalue weighted by atomic mass is 9.95. The van der Waals surface area contributed by atoms with Crippen LogP contribution in [0.25, 0.3) is 0 Å². The number of benzene rings is 1. The van der Waals surface area contributed by atoms with E-state index < -0.39 is 24.8 Å². The molecule has 1 aliphatic carbocycles. The number of nitrogens with zero attached hydrogens (tertiary/aromatic N) is 3. The van der Waals surface area contributed by atoms with E-state index in [0.29, 0.717) is 35.1 Å². The number of thioether (sulfide) groups is 1. The molecule has 3 heterocycles. The summed E-state index contributed by atoms with van der Waals surface area (Å²) < 4.78 is 5.36. The number of ether oxygens (including phenoxy) is 1. The van der Waals surface area contributed by atoms with Crippen LogP contribution in [0.4, 0.5) is 0 Å². The van der Waals surface area contributed by atoms with Gasteiger partial charge in [0.25, 0.3) is 0 Å². The van der Waals surface area contributed by atoms with E-state index >= 15 is 0 Å². The molecule has 6 unspecified atom stereocenters. The van der Waals surface area contributed by atoms with Gasteiger partial charge in [-0.3, -0.25) is 20.5 Å². The fourth-order valence-corrected chi connectivity index (χ4v) is 8.40. The van der Waals surface area contributed by atoms with Gasteiger partial charge in [-0.1, -0.05) is 47.3 Å². The maximum Gasteiger partial charge on any atom is 0.163 e. The molecule has 0 amide bonds. The van der Waals surface area contributed by atoms with E-state index in [0.717, 1.165) is 62.3 Å². The van der Waals surface area contributed by atoms with Crippen LogP contribution in [0.3, 0.4) is 0 Å². The molecule has 11 nitrogen and oxygen atoms in total. The zero-order valence-corrected chi connectivity index (χ0v) is 30.0. The van der Waals surface area contributed by atoms with Crippen molar-refractivity contribution in [3.8, 4) is 0 Å². The molecule has 1 aromatic carbocycles. The second kappa shape index (κ2) is 17.8. The number of aliphatic hydroxyl groups excluding tert-OH is 5. The van der Waals surface area contributed by atoms with Gasteiger partial charge in [-0.05, 0) is 41.5 Å². The van der Waals surface area contributed by atoms with Crippen molar-refractivity contribution >= 4 is 38.2 Å². The number of piperazine rings is 1. The Morgan fingerprint density at radius 3 is 2.46 bits per heavy atom. The Morgan fingerprint density at radius 2 is 1.77 bits per heavy atom. The first-order valence-corrected chi connectivity index (χ1v) is 18.6. The summed E-state index contributed by atoms with van der Waals surface area (Å²) in [4.78, 5) is 7.01. The largest absolute Gasteiger partial charge is 0.394 e. The van der Waals surface area contributed by atoms with Crippen LogP contribution in [-0.2, 0) is 11.3 Å². The van der Waals surface area contributed by atoms with Crippen LogP contribution in [0, 0.1) is 5.41 Å². The minimum Gasteiger partial charge on any atom is -0.394 e. The SMILES string of the molecule is CN(C(=N)C1=CSC(C2=CC=C(P)CC2)C1O)C(O)c1ccc(C(O)NCc2ccc(C(O)N3CCN(CCOCCO)CC3)cc2)s1. The van der Waals surface area contributed by atoms with Gasteiger partial charge >= 0.3 is 0 Å². The highest BCUT2D eigenvalue weighted by atomic mass is 32.2. The number of allylic oxidation sites excluding steroid dienone is 3. The Hall–Kier alpha value is -1.97. The van der Waals surface area contributed by atoms with E-state index in [-0.39, 0.29) is 17.7 Å². The van der Waals surface area contributed by atoms with E-state index in [9.17, 15) is 20.4 Å². The van der Waals surface area contributed by atoms with Gasteiger partial charge in [0.2, 0.25) is 0 Å². The molecular formula is C34H48N5O6PS2. The number of amidine groups is 1. The third-order valence-corrected chi connectivity index (χ3v) is 11.9. The standard InChI is InChI=1S/C34H48N5O6PS2/c1-37(31(35)26-21-47-30(29(26)41)23-6-8-25(46)9-7-23)34(44)28-11-10-27(48-28)32(42)36-20-22-2-4-24(5-3-22)33(43)39-14-12-38(13-15-39)16-18-45-19-17-40/h2-6,8,10-11,21,29-30,32-36,40-44H,7,9,12-20,46H2,1H3. The van der Waals surface area contributed by atoms with Crippen molar-refractivity contribution in [3.05, 3.63) is 91.3 Å². The average Bonchev–Trinajstić information content (AvgIpc) is 3.76. The fourth-order valence-electron chi connectivity index (χ4n) is 5.94. The number of thiophene rings is 1. The lowest BCUT2D eigenvalue weighted by Crippen LogP contribution is -2.48. The predicted molar refractivity (Wildman–Crippen MR) is 194 cm³/mol. The molecule has 48 heavy (non-hydrogen) atoms. The molecule has 0 spiro atoms. The van der Waals surface area contributed by atoms with E-state index in [1.54, 1.807) is 19.2 Å². The fraction of sp³-hybridized carbons (Fsp3) is 0.500. The lowest BCUT2D eigenvalue weighted by molar-refractivity contribution is -0.0317. The maximum absolute atomic E-state index is 11.1. The first-order chi connectivity index (χ1) is 23.2. The van der Waals surface area contributed by atoms with E-state index in [4.69, 9.17) is 15.3 Å². The Balaban J connectivity index is 1.07. The monoisotopic (exact) mass is 717 g/mol. The molecule has 7 N–H and O–H groups in total. The van der Waals surface area contributed by atoms with Crippen molar-refractivity contribution in [3.63, 3.8) is 0 Å². The van der Waals surface area contributed by atoms with E-state index in [1.807, 2.05) is 29.7 Å². The summed E-state index contributed by atoms with van der Waals surface area (Å²) in [6.45, 7) is 5.39. The van der Waals surface area contributed by atoms with Crippen molar-refractivity contribution < 1.29 is 30.3 Å². The Labute approximate surface area is 293 Å². The third-order valence-electron chi connectivity index (χ3n) is 9.01. The van der Waals surface area contributed by atoms with Gasteiger partial charge in [0.15, 0.2) is 6.23 Å². The van der Waals surface area contributed by atoms with Crippen molar-refractivity contribution in [2.75, 3.05) is 59.6 Å². The topological polar surface area (TPSA) is 156 Å². The summed E-state index contributed by atoms with van der Waals surface area (Å²) in [5.74, 6) is 0.0635. The van der Waals surface area contributed by atoms with Crippen LogP contribution in [0.1, 0.15) is 52.4 Å². The van der Waals surface area contributed by atoms with Crippen LogP contribution in [-0.4, -0.2) is 117 Å². The predicted octanol–water partition coefficient (Wildman–Crippen LogP) is 2.89. The van der Waals surface area contributed by atoms with Crippen LogP contribution in [0.15, 0.2) is 70.4 Å². The number of hydrogen-bond donors (Lipinski definition) is 7. The summed E-state index contributed by atoms with van der Waals surface area (Å²) in [5.41, 5.74) is 3.42. The maximum atomic E-state index is 11.1. The normalized spacial score (nSPS) is 22.5. The van der Waals surface area contributed by atoms with Crippen molar-refractivity contribution in [1.82, 2.24) is 20.0 Å². The molecule has 3 aliphatic rings. The minimum atomic E-state index is -1.11. The summed E-state index contributed by atoms with van der Waals surface area (Å²) >= 11 is 2.77. The third kappa shape index (κ3) is 9.42. The molecule has 6 atom stereocenters. The molecule has 2 aliphatic heterocycles. The number of aliphatic hydroxyl groups is 5. The van der Waals surface area contributed by atoms with Crippen molar-refractivity contribution in [2.45, 2.75) is 49.4 Å². The first kappa shape index (κ1) is 37.3. The molecule has 0 saturated carbocycles. The van der Waals surface area contributed by atoms with Gasteiger partial charge in [-0.15, -0.1) is 32.3 Å². The van der Waals surface area contributed by atoms with Crippen molar-refractivity contribution in [2.24, 2.45) is 0 Å². The summed E-state index contributed by atoms with van der Waals surface area (Å²) in [5, 5.41) is 67.6. The van der Waals surface area contributed by atoms with Crippen LogP contribution in [0.5, 0.6) is 0 Å². The average molecular weight is 718 g/mol. The summed E-state index contributed by atoms with van der Waals surface area (Å²) in [6, 6.07) is 11.2. The lowest BCUT2D eigenvalue weighted by Gasteiger charge is -2.37. The second-order valence-electron chi connectivity index (χ2n) is 12.2. The van der Waals surface area contributed by atoms with Gasteiger partial charge in [-0.25, -0.2) is 0 Å². The van der Waals surface area contributed by atoms with Gasteiger partial charge in [0, 0.05) is 56.8 Å². The highest BCUT2D eigenvalue weighted by Gasteiger charge is 2.36. The Morgan fingerprint density at radius 1 is 1.04 bits per heavy atom. The molecule has 0 radical (unpaired) electrons. The molecule has 0 bridgehead atoms. The Bertz CT molecular complexity index is 1460. The summed E-state index contributed by atoms with van der Waals surface area (Å²) in [7, 11) is 4.36.